The van der Waals surface area contributed by atoms with Gasteiger partial charge in [0.2, 0.25) is 5.91 Å². The third-order valence-electron chi connectivity index (χ3n) is 6.32. The molecule has 0 radical (unpaired) electrons. The zero-order valence-corrected chi connectivity index (χ0v) is 16.6. The maximum absolute atomic E-state index is 13.0. The van der Waals surface area contributed by atoms with Gasteiger partial charge in [0.25, 0.3) is 5.56 Å². The molecule has 2 aromatic rings. The lowest BCUT2D eigenvalue weighted by Gasteiger charge is -2.37. The van der Waals surface area contributed by atoms with Crippen molar-refractivity contribution in [1.29, 1.82) is 0 Å². The van der Waals surface area contributed by atoms with Gasteiger partial charge in [-0.3, -0.25) is 20.4 Å². The molecule has 2 N–H and O–H groups in total. The highest BCUT2D eigenvalue weighted by atomic mass is 16.2. The van der Waals surface area contributed by atoms with Gasteiger partial charge < -0.3 is 4.90 Å². The first kappa shape index (κ1) is 19.1. The summed E-state index contributed by atoms with van der Waals surface area (Å²) in [7, 11) is 0. The quantitative estimate of drug-likeness (QED) is 0.835. The lowest BCUT2D eigenvalue weighted by Crippen LogP contribution is -2.49. The first-order valence-corrected chi connectivity index (χ1v) is 10.3. The number of amides is 1. The van der Waals surface area contributed by atoms with Crippen LogP contribution in [0.1, 0.15) is 31.9 Å². The minimum atomic E-state index is -0.198. The number of piperidine rings is 1. The van der Waals surface area contributed by atoms with Crippen LogP contribution in [0.4, 0.5) is 0 Å². The lowest BCUT2D eigenvalue weighted by molar-refractivity contribution is -0.134. The molecule has 0 bridgehead atoms. The van der Waals surface area contributed by atoms with Gasteiger partial charge in [-0.25, -0.2) is 4.68 Å². The molecule has 1 amide bonds. The first-order valence-electron chi connectivity index (χ1n) is 10.3. The summed E-state index contributed by atoms with van der Waals surface area (Å²) < 4.78 is 1.33. The monoisotopic (exact) mass is 383 g/mol. The molecule has 2 fully saturated rings. The van der Waals surface area contributed by atoms with Crippen LogP contribution in [0.2, 0.25) is 0 Å². The fraction of sp³-hybridized carbons (Fsp3) is 0.571. The third-order valence-corrected chi connectivity index (χ3v) is 6.32. The third kappa shape index (κ3) is 3.56. The van der Waals surface area contributed by atoms with E-state index in [0.717, 1.165) is 50.0 Å². The summed E-state index contributed by atoms with van der Waals surface area (Å²) in [4.78, 5) is 27.7. The molecule has 7 heteroatoms. The minimum Gasteiger partial charge on any atom is -0.341 e. The number of hydrazine groups is 1. The van der Waals surface area contributed by atoms with Gasteiger partial charge in [-0.2, -0.15) is 5.10 Å². The van der Waals surface area contributed by atoms with E-state index in [1.807, 2.05) is 30.0 Å². The molecule has 3 heterocycles. The van der Waals surface area contributed by atoms with E-state index in [1.54, 1.807) is 6.07 Å². The summed E-state index contributed by atoms with van der Waals surface area (Å²) in [5.74, 6) is 1.03. The highest BCUT2D eigenvalue weighted by Crippen LogP contribution is 2.27. The number of nitrogens with one attached hydrogen (secondary N) is 2. The van der Waals surface area contributed by atoms with E-state index >= 15 is 0 Å². The van der Waals surface area contributed by atoms with Crippen LogP contribution in [0, 0.1) is 18.8 Å². The maximum atomic E-state index is 13.0. The van der Waals surface area contributed by atoms with Crippen LogP contribution in [-0.2, 0) is 11.3 Å². The summed E-state index contributed by atoms with van der Waals surface area (Å²) in [6, 6.07) is 7.85. The van der Waals surface area contributed by atoms with Crippen molar-refractivity contribution in [3.63, 3.8) is 0 Å². The van der Waals surface area contributed by atoms with Gasteiger partial charge in [0, 0.05) is 31.1 Å². The van der Waals surface area contributed by atoms with E-state index in [-0.39, 0.29) is 18.0 Å². The van der Waals surface area contributed by atoms with Crippen molar-refractivity contribution in [1.82, 2.24) is 25.5 Å². The molecule has 2 aliphatic heterocycles. The SMILES string of the molecule is CCC1CNNC1C1CCCN(C(=O)Cn2nc(C)c3ccccc3c2=O)C1. The number of likely N-dealkylation sites (tertiary alicyclic amines) is 1. The van der Waals surface area contributed by atoms with Gasteiger partial charge in [-0.15, -0.1) is 0 Å². The van der Waals surface area contributed by atoms with Crippen molar-refractivity contribution in [3.05, 3.63) is 40.3 Å². The normalized spacial score (nSPS) is 25.4. The second-order valence-electron chi connectivity index (χ2n) is 8.06. The summed E-state index contributed by atoms with van der Waals surface area (Å²) in [5.41, 5.74) is 7.27. The summed E-state index contributed by atoms with van der Waals surface area (Å²) in [5, 5.41) is 5.86. The molecule has 7 nitrogen and oxygen atoms in total. The van der Waals surface area contributed by atoms with Crippen LogP contribution in [0.3, 0.4) is 0 Å². The average Bonchev–Trinajstić information content (AvgIpc) is 3.21. The van der Waals surface area contributed by atoms with E-state index in [2.05, 4.69) is 22.9 Å². The number of benzene rings is 1. The smallest absolute Gasteiger partial charge is 0.275 e. The van der Waals surface area contributed by atoms with Gasteiger partial charge in [0.05, 0.1) is 11.1 Å². The van der Waals surface area contributed by atoms with Crippen molar-refractivity contribution in [2.75, 3.05) is 19.6 Å². The van der Waals surface area contributed by atoms with Crippen molar-refractivity contribution in [2.45, 2.75) is 45.7 Å². The number of hydrogen-bond donors (Lipinski definition) is 2. The second kappa shape index (κ2) is 8.01. The van der Waals surface area contributed by atoms with Crippen LogP contribution in [0.25, 0.3) is 10.8 Å². The average molecular weight is 383 g/mol. The first-order chi connectivity index (χ1) is 13.6. The van der Waals surface area contributed by atoms with Crippen molar-refractivity contribution in [3.8, 4) is 0 Å². The highest BCUT2D eigenvalue weighted by molar-refractivity contribution is 5.83. The van der Waals surface area contributed by atoms with E-state index in [1.165, 1.54) is 4.68 Å². The molecule has 1 aromatic carbocycles. The van der Waals surface area contributed by atoms with Gasteiger partial charge in [0.1, 0.15) is 6.54 Å². The molecule has 2 aliphatic rings. The fourth-order valence-corrected chi connectivity index (χ4v) is 4.72. The van der Waals surface area contributed by atoms with Gasteiger partial charge >= 0.3 is 0 Å². The molecule has 0 aliphatic carbocycles. The molecule has 3 unspecified atom stereocenters. The molecule has 1 aromatic heterocycles. The number of carbonyl (C=O) groups is 1. The molecule has 150 valence electrons. The number of hydrogen-bond acceptors (Lipinski definition) is 5. The van der Waals surface area contributed by atoms with Crippen LogP contribution in [0.5, 0.6) is 0 Å². The van der Waals surface area contributed by atoms with Gasteiger partial charge in [-0.1, -0.05) is 31.5 Å². The number of aryl methyl sites for hydroxylation is 1. The fourth-order valence-electron chi connectivity index (χ4n) is 4.72. The Kier molecular flexibility index (Phi) is 5.46. The molecule has 3 atom stereocenters. The predicted octanol–water partition coefficient (Wildman–Crippen LogP) is 1.45. The van der Waals surface area contributed by atoms with E-state index < -0.39 is 0 Å². The lowest BCUT2D eigenvalue weighted by atomic mass is 9.83. The minimum absolute atomic E-state index is 0.00474. The van der Waals surface area contributed by atoms with Crippen LogP contribution >= 0.6 is 0 Å². The Balaban J connectivity index is 1.50. The molecule has 28 heavy (non-hydrogen) atoms. The number of nitrogens with zero attached hydrogens (tertiary/aromatic N) is 3. The Labute approximate surface area is 165 Å². The van der Waals surface area contributed by atoms with Crippen LogP contribution in [-0.4, -0.2) is 46.3 Å². The predicted molar refractivity (Wildman–Crippen MR) is 109 cm³/mol. The maximum Gasteiger partial charge on any atom is 0.275 e. The molecule has 0 spiro atoms. The van der Waals surface area contributed by atoms with Gasteiger partial charge in [-0.05, 0) is 37.7 Å². The number of aromatic nitrogens is 2. The topological polar surface area (TPSA) is 79.3 Å². The van der Waals surface area contributed by atoms with Gasteiger partial charge in [0.15, 0.2) is 0 Å². The molecule has 2 saturated heterocycles. The Hall–Kier alpha value is -2.25. The number of carbonyl (C=O) groups excluding carboxylic acids is 1. The summed E-state index contributed by atoms with van der Waals surface area (Å²) in [6.07, 6.45) is 3.27. The Morgan fingerprint density at radius 3 is 2.86 bits per heavy atom. The molecular formula is C21H29N5O2. The van der Waals surface area contributed by atoms with E-state index in [0.29, 0.717) is 23.3 Å². The van der Waals surface area contributed by atoms with E-state index in [9.17, 15) is 9.59 Å². The van der Waals surface area contributed by atoms with Crippen molar-refractivity contribution in [2.24, 2.45) is 11.8 Å². The highest BCUT2D eigenvalue weighted by Gasteiger charge is 2.36. The molecule has 4 rings (SSSR count). The van der Waals surface area contributed by atoms with Crippen molar-refractivity contribution < 1.29 is 4.79 Å². The van der Waals surface area contributed by atoms with Crippen LogP contribution < -0.4 is 16.4 Å². The second-order valence-corrected chi connectivity index (χ2v) is 8.06. The number of rotatable bonds is 4. The van der Waals surface area contributed by atoms with Crippen molar-refractivity contribution >= 4 is 16.7 Å². The Morgan fingerprint density at radius 2 is 2.07 bits per heavy atom. The Bertz CT molecular complexity index is 925. The van der Waals surface area contributed by atoms with Crippen LogP contribution in [0.15, 0.2) is 29.1 Å². The standard InChI is InChI=1S/C21H29N5O2/c1-3-15-11-22-23-20(15)16-7-6-10-25(12-16)19(27)13-26-21(28)18-9-5-4-8-17(18)14(2)24-26/h4-5,8-9,15-16,20,22-23H,3,6-7,10-13H2,1-2H3. The summed E-state index contributed by atoms with van der Waals surface area (Å²) in [6.45, 7) is 6.59. The van der Waals surface area contributed by atoms with E-state index in [4.69, 9.17) is 0 Å². The molecule has 0 saturated carbocycles. The Morgan fingerprint density at radius 1 is 1.29 bits per heavy atom. The number of fused-ring (bicyclic) bond motifs is 1. The molecular weight excluding hydrogens is 354 g/mol. The zero-order chi connectivity index (χ0) is 19.7. The summed E-state index contributed by atoms with van der Waals surface area (Å²) >= 11 is 0. The zero-order valence-electron chi connectivity index (χ0n) is 16.6. The largest absolute Gasteiger partial charge is 0.341 e.